The van der Waals surface area contributed by atoms with E-state index in [1.54, 1.807) is 24.3 Å². The van der Waals surface area contributed by atoms with E-state index in [-0.39, 0.29) is 24.4 Å². The Morgan fingerprint density at radius 2 is 1.67 bits per heavy atom. The van der Waals surface area contributed by atoms with Gasteiger partial charge in [0.1, 0.15) is 0 Å². The molecule has 3 atom stereocenters. The Labute approximate surface area is 186 Å². The lowest BCUT2D eigenvalue weighted by atomic mass is 9.96. The highest BCUT2D eigenvalue weighted by atomic mass is 35.5. The lowest BCUT2D eigenvalue weighted by Crippen LogP contribution is -2.51. The van der Waals surface area contributed by atoms with Gasteiger partial charge in [0.05, 0.1) is 6.54 Å². The van der Waals surface area contributed by atoms with Gasteiger partial charge in [0.15, 0.2) is 0 Å². The highest BCUT2D eigenvalue weighted by molar-refractivity contribution is 6.31. The summed E-state index contributed by atoms with van der Waals surface area (Å²) < 4.78 is 0. The lowest BCUT2D eigenvalue weighted by molar-refractivity contribution is -0.121. The monoisotopic (exact) mass is 445 g/mol. The molecule has 2 aromatic rings. The normalized spacial score (nSPS) is 23.2. The van der Waals surface area contributed by atoms with Crippen LogP contribution >= 0.6 is 23.2 Å². The molecule has 2 bridgehead atoms. The van der Waals surface area contributed by atoms with Crippen molar-refractivity contribution in [2.45, 2.75) is 50.4 Å². The highest BCUT2D eigenvalue weighted by Gasteiger charge is 2.40. The Balaban J connectivity index is 1.26. The van der Waals surface area contributed by atoms with Gasteiger partial charge in [0.2, 0.25) is 5.91 Å². The molecule has 2 N–H and O–H groups in total. The van der Waals surface area contributed by atoms with Crippen molar-refractivity contribution in [1.82, 2.24) is 15.5 Å². The smallest absolute Gasteiger partial charge is 0.251 e. The number of amides is 2. The number of halogens is 2. The first-order chi connectivity index (χ1) is 14.5. The minimum atomic E-state index is -0.300. The van der Waals surface area contributed by atoms with Gasteiger partial charge in [-0.25, -0.2) is 0 Å². The molecular formula is C23H25Cl2N3O2. The van der Waals surface area contributed by atoms with Crippen LogP contribution in [0.1, 0.15) is 41.6 Å². The van der Waals surface area contributed by atoms with Crippen LogP contribution in [0, 0.1) is 0 Å². The number of hydrogen-bond acceptors (Lipinski definition) is 3. The van der Waals surface area contributed by atoms with Crippen molar-refractivity contribution in [3.8, 4) is 0 Å². The molecule has 0 spiro atoms. The first kappa shape index (κ1) is 21.2. The third kappa shape index (κ3) is 5.15. The van der Waals surface area contributed by atoms with Crippen LogP contribution in [-0.2, 0) is 11.3 Å². The van der Waals surface area contributed by atoms with Gasteiger partial charge in [-0.1, -0.05) is 41.4 Å². The molecule has 2 heterocycles. The Kier molecular flexibility index (Phi) is 6.61. The molecule has 0 aliphatic carbocycles. The van der Waals surface area contributed by atoms with Crippen molar-refractivity contribution in [2.75, 3.05) is 6.54 Å². The van der Waals surface area contributed by atoms with Crippen LogP contribution in [0.2, 0.25) is 10.0 Å². The Morgan fingerprint density at radius 3 is 2.33 bits per heavy atom. The van der Waals surface area contributed by atoms with Gasteiger partial charge in [-0.3, -0.25) is 14.5 Å². The van der Waals surface area contributed by atoms with Gasteiger partial charge in [0, 0.05) is 40.3 Å². The summed E-state index contributed by atoms with van der Waals surface area (Å²) in [5, 5.41) is 7.02. The van der Waals surface area contributed by atoms with Crippen LogP contribution in [0.15, 0.2) is 48.5 Å². The summed E-state index contributed by atoms with van der Waals surface area (Å²) in [6.07, 6.45) is 4.21. The summed E-state index contributed by atoms with van der Waals surface area (Å²) in [4.78, 5) is 27.1. The van der Waals surface area contributed by atoms with E-state index in [0.717, 1.165) is 37.3 Å². The van der Waals surface area contributed by atoms with Crippen molar-refractivity contribution in [1.29, 1.82) is 0 Å². The van der Waals surface area contributed by atoms with E-state index < -0.39 is 0 Å². The second-order valence-electron chi connectivity index (χ2n) is 8.11. The molecule has 30 heavy (non-hydrogen) atoms. The number of nitrogens with zero attached hydrogens (tertiary/aromatic N) is 1. The Hall–Kier alpha value is -2.08. The summed E-state index contributed by atoms with van der Waals surface area (Å²) in [5.41, 5.74) is 1.71. The molecule has 2 amide bonds. The number of fused-ring (bicyclic) bond motifs is 2. The van der Waals surface area contributed by atoms with E-state index in [1.807, 2.05) is 12.1 Å². The average Bonchev–Trinajstić information content (AvgIpc) is 2.95. The third-order valence-electron chi connectivity index (χ3n) is 6.02. The summed E-state index contributed by atoms with van der Waals surface area (Å²) in [5.74, 6) is -0.452. The van der Waals surface area contributed by atoms with Crippen molar-refractivity contribution in [2.24, 2.45) is 0 Å². The molecule has 158 valence electrons. The quantitative estimate of drug-likeness (QED) is 0.705. The first-order valence-electron chi connectivity index (χ1n) is 10.3. The van der Waals surface area contributed by atoms with E-state index in [1.165, 1.54) is 5.56 Å². The second kappa shape index (κ2) is 9.38. The van der Waals surface area contributed by atoms with Gasteiger partial charge < -0.3 is 10.6 Å². The van der Waals surface area contributed by atoms with Crippen LogP contribution in [0.4, 0.5) is 0 Å². The van der Waals surface area contributed by atoms with Crippen LogP contribution < -0.4 is 10.6 Å². The number of carbonyl (C=O) groups is 2. The SMILES string of the molecule is O=C(CNC(=O)c1cccc(Cl)c1)N[C@@H]1C[C@H]2CC[C@@H](C1)N2Cc1ccc(Cl)cc1. The van der Waals surface area contributed by atoms with Crippen molar-refractivity contribution >= 4 is 35.0 Å². The fourth-order valence-corrected chi connectivity index (χ4v) is 4.94. The summed E-state index contributed by atoms with van der Waals surface area (Å²) in [7, 11) is 0. The number of piperidine rings is 1. The van der Waals surface area contributed by atoms with Crippen molar-refractivity contribution in [3.05, 3.63) is 69.7 Å². The number of benzene rings is 2. The van der Waals surface area contributed by atoms with Gasteiger partial charge in [-0.05, 0) is 61.6 Å². The molecule has 7 heteroatoms. The van der Waals surface area contributed by atoms with Crippen LogP contribution in [-0.4, -0.2) is 41.4 Å². The topological polar surface area (TPSA) is 61.4 Å². The minimum Gasteiger partial charge on any atom is -0.352 e. The maximum atomic E-state index is 12.4. The van der Waals surface area contributed by atoms with Gasteiger partial charge in [-0.2, -0.15) is 0 Å². The fourth-order valence-electron chi connectivity index (χ4n) is 4.62. The number of carbonyl (C=O) groups excluding carboxylic acids is 2. The first-order valence-corrected chi connectivity index (χ1v) is 11.1. The highest BCUT2D eigenvalue weighted by Crippen LogP contribution is 2.36. The Bertz CT molecular complexity index is 905. The van der Waals surface area contributed by atoms with E-state index in [2.05, 4.69) is 27.7 Å². The number of rotatable bonds is 6. The maximum absolute atomic E-state index is 12.4. The molecule has 2 aliphatic heterocycles. The molecule has 2 fully saturated rings. The van der Waals surface area contributed by atoms with Crippen molar-refractivity contribution < 1.29 is 9.59 Å². The van der Waals surface area contributed by atoms with E-state index in [4.69, 9.17) is 23.2 Å². The maximum Gasteiger partial charge on any atom is 0.251 e. The average molecular weight is 446 g/mol. The molecule has 2 aliphatic rings. The molecule has 2 aromatic carbocycles. The summed E-state index contributed by atoms with van der Waals surface area (Å²) >= 11 is 11.9. The molecule has 0 saturated carbocycles. The van der Waals surface area contributed by atoms with Crippen LogP contribution in [0.3, 0.4) is 0 Å². The van der Waals surface area contributed by atoms with E-state index >= 15 is 0 Å². The van der Waals surface area contributed by atoms with Gasteiger partial charge in [0.25, 0.3) is 5.91 Å². The van der Waals surface area contributed by atoms with E-state index in [0.29, 0.717) is 22.7 Å². The molecule has 5 nitrogen and oxygen atoms in total. The second-order valence-corrected chi connectivity index (χ2v) is 8.99. The number of nitrogens with one attached hydrogen (secondary N) is 2. The molecule has 2 saturated heterocycles. The lowest BCUT2D eigenvalue weighted by Gasteiger charge is -2.39. The molecule has 4 rings (SSSR count). The molecular weight excluding hydrogens is 421 g/mol. The fraction of sp³-hybridized carbons (Fsp3) is 0.391. The predicted molar refractivity (Wildman–Crippen MR) is 119 cm³/mol. The molecule has 0 unspecified atom stereocenters. The predicted octanol–water partition coefficient (Wildman–Crippen LogP) is 4.04. The largest absolute Gasteiger partial charge is 0.352 e. The minimum absolute atomic E-state index is 0.0360. The van der Waals surface area contributed by atoms with E-state index in [9.17, 15) is 9.59 Å². The number of hydrogen-bond donors (Lipinski definition) is 2. The van der Waals surface area contributed by atoms with Crippen LogP contribution in [0.5, 0.6) is 0 Å². The van der Waals surface area contributed by atoms with Crippen molar-refractivity contribution in [3.63, 3.8) is 0 Å². The third-order valence-corrected chi connectivity index (χ3v) is 6.51. The zero-order valence-electron chi connectivity index (χ0n) is 16.6. The zero-order valence-corrected chi connectivity index (χ0v) is 18.1. The standard InChI is InChI=1S/C23H25Cl2N3O2/c24-17-6-4-15(5-7-17)14-28-20-8-9-21(28)12-19(11-20)27-22(29)13-26-23(30)16-2-1-3-18(25)10-16/h1-7,10,19-21H,8-9,11-14H2,(H,26,30)(H,27,29)/t19-,20-,21+. The van der Waals surface area contributed by atoms with Gasteiger partial charge >= 0.3 is 0 Å². The molecule has 0 radical (unpaired) electrons. The summed E-state index contributed by atoms with van der Waals surface area (Å²) in [6.45, 7) is 0.883. The summed E-state index contributed by atoms with van der Waals surface area (Å²) in [6, 6.07) is 15.8. The van der Waals surface area contributed by atoms with Gasteiger partial charge in [-0.15, -0.1) is 0 Å². The zero-order chi connectivity index (χ0) is 21.1. The Morgan fingerprint density at radius 1 is 0.967 bits per heavy atom. The van der Waals surface area contributed by atoms with Crippen LogP contribution in [0.25, 0.3) is 0 Å². The molecule has 0 aromatic heterocycles.